The molecular formula is C25H40ClN5O5. The normalized spacial score (nSPS) is 15.5. The van der Waals surface area contributed by atoms with Gasteiger partial charge in [0, 0.05) is 6.42 Å². The minimum atomic E-state index is -1.67. The van der Waals surface area contributed by atoms with Gasteiger partial charge >= 0.3 is 0 Å². The molecule has 10 nitrogen and oxygen atoms in total. The Balaban J connectivity index is 0.0000122. The standard InChI is InChI=1S/C25H39N5O5.ClH/c1-15(2)12-18(23(33)29-28)21(24(34)30-35)25(14-16(3)4,22(32)19(26)13-20(27)31)11-10-17-8-6-5-7-9-17;/h5-11,15-16,18-19,21,35H,12-14,26,28H2,1-4H3,(H2,27,31)(H,29,33)(H,30,34);1H/b11-10+;/t18-,19+,21-,25?;/m1./s1. The van der Waals surface area contributed by atoms with Crippen molar-refractivity contribution in [2.75, 3.05) is 0 Å². The number of allylic oxidation sites excluding steroid dienone is 1. The van der Waals surface area contributed by atoms with Crippen LogP contribution in [0.1, 0.15) is 52.5 Å². The summed E-state index contributed by atoms with van der Waals surface area (Å²) in [7, 11) is 0. The maximum atomic E-state index is 14.0. The molecule has 3 amide bonds. The molecule has 0 heterocycles. The number of hydrogen-bond acceptors (Lipinski definition) is 7. The number of Topliss-reactive ketones (excluding diaryl/α,β-unsaturated/α-hetero) is 1. The van der Waals surface area contributed by atoms with Gasteiger partial charge in [0.25, 0.3) is 0 Å². The van der Waals surface area contributed by atoms with Crippen molar-refractivity contribution in [3.63, 3.8) is 0 Å². The fraction of sp³-hybridized carbons (Fsp3) is 0.520. The summed E-state index contributed by atoms with van der Waals surface area (Å²) in [5.41, 5.74) is 14.2. The zero-order chi connectivity index (χ0) is 26.8. The van der Waals surface area contributed by atoms with Crippen LogP contribution in [0.4, 0.5) is 0 Å². The molecule has 1 rings (SSSR count). The summed E-state index contributed by atoms with van der Waals surface area (Å²) >= 11 is 0. The molecule has 36 heavy (non-hydrogen) atoms. The van der Waals surface area contributed by atoms with Crippen LogP contribution in [0.3, 0.4) is 0 Å². The van der Waals surface area contributed by atoms with Crippen molar-refractivity contribution >= 4 is 42.0 Å². The van der Waals surface area contributed by atoms with Gasteiger partial charge in [-0.3, -0.25) is 29.8 Å². The highest BCUT2D eigenvalue weighted by Crippen LogP contribution is 2.45. The third-order valence-corrected chi connectivity index (χ3v) is 5.89. The quantitative estimate of drug-likeness (QED) is 0.0920. The molecule has 9 N–H and O–H groups in total. The highest BCUT2D eigenvalue weighted by molar-refractivity contribution is 6.00. The van der Waals surface area contributed by atoms with E-state index in [1.54, 1.807) is 17.6 Å². The molecule has 0 aliphatic rings. The summed E-state index contributed by atoms with van der Waals surface area (Å²) in [4.78, 5) is 51.8. The number of hydrogen-bond donors (Lipinski definition) is 6. The number of carbonyl (C=O) groups is 4. The minimum absolute atomic E-state index is 0. The summed E-state index contributed by atoms with van der Waals surface area (Å²) < 4.78 is 0. The fourth-order valence-electron chi connectivity index (χ4n) is 4.63. The summed E-state index contributed by atoms with van der Waals surface area (Å²) in [5.74, 6) is -0.226. The van der Waals surface area contributed by atoms with Gasteiger partial charge in [-0.05, 0) is 30.2 Å². The van der Waals surface area contributed by atoms with E-state index in [-0.39, 0.29) is 37.1 Å². The molecule has 202 valence electrons. The average molecular weight is 526 g/mol. The van der Waals surface area contributed by atoms with Gasteiger partial charge in [-0.15, -0.1) is 12.4 Å². The van der Waals surface area contributed by atoms with Crippen LogP contribution in [0.15, 0.2) is 36.4 Å². The first-order valence-corrected chi connectivity index (χ1v) is 11.7. The van der Waals surface area contributed by atoms with Crippen molar-refractivity contribution in [2.24, 2.45) is 46.4 Å². The van der Waals surface area contributed by atoms with E-state index < -0.39 is 53.2 Å². The Morgan fingerprint density at radius 2 is 1.61 bits per heavy atom. The van der Waals surface area contributed by atoms with Gasteiger partial charge in [-0.1, -0.05) is 70.2 Å². The van der Waals surface area contributed by atoms with E-state index in [0.29, 0.717) is 0 Å². The highest BCUT2D eigenvalue weighted by Gasteiger charge is 2.53. The number of primary amides is 1. The molecule has 11 heteroatoms. The molecule has 1 unspecified atom stereocenters. The number of rotatable bonds is 14. The smallest absolute Gasteiger partial charge is 0.248 e. The Morgan fingerprint density at radius 3 is 2.06 bits per heavy atom. The van der Waals surface area contributed by atoms with Crippen LogP contribution in [0.5, 0.6) is 0 Å². The zero-order valence-electron chi connectivity index (χ0n) is 21.3. The first-order valence-electron chi connectivity index (χ1n) is 11.7. The van der Waals surface area contributed by atoms with Crippen molar-refractivity contribution in [3.8, 4) is 0 Å². The molecule has 0 saturated heterocycles. The van der Waals surface area contributed by atoms with Gasteiger partial charge in [-0.25, -0.2) is 11.3 Å². The monoisotopic (exact) mass is 525 g/mol. The third kappa shape index (κ3) is 9.02. The van der Waals surface area contributed by atoms with E-state index in [9.17, 15) is 24.4 Å². The number of hydroxylamine groups is 1. The van der Waals surface area contributed by atoms with Gasteiger partial charge in [0.05, 0.1) is 23.3 Å². The first-order chi connectivity index (χ1) is 16.4. The predicted molar refractivity (Wildman–Crippen MR) is 140 cm³/mol. The lowest BCUT2D eigenvalue weighted by molar-refractivity contribution is -0.152. The zero-order valence-corrected chi connectivity index (χ0v) is 22.1. The number of hydrazine groups is 1. The van der Waals surface area contributed by atoms with Crippen LogP contribution in [-0.2, 0) is 19.2 Å². The number of amides is 3. The topological polar surface area (TPSA) is 191 Å². The molecule has 1 aromatic carbocycles. The van der Waals surface area contributed by atoms with Crippen LogP contribution in [0.2, 0.25) is 0 Å². The Hall–Kier alpha value is -2.79. The maximum absolute atomic E-state index is 14.0. The van der Waals surface area contributed by atoms with Gasteiger partial charge in [0.2, 0.25) is 17.7 Å². The van der Waals surface area contributed by atoms with Gasteiger partial charge in [0.1, 0.15) is 0 Å². The summed E-state index contributed by atoms with van der Waals surface area (Å²) in [6.07, 6.45) is 3.08. The van der Waals surface area contributed by atoms with E-state index in [1.807, 2.05) is 58.0 Å². The molecule has 0 fully saturated rings. The number of nitrogens with two attached hydrogens (primary N) is 3. The number of ketones is 1. The molecule has 0 saturated carbocycles. The number of benzene rings is 1. The van der Waals surface area contributed by atoms with Crippen LogP contribution >= 0.6 is 12.4 Å². The highest BCUT2D eigenvalue weighted by atomic mass is 35.5. The summed E-state index contributed by atoms with van der Waals surface area (Å²) in [5, 5.41) is 9.69. The lowest BCUT2D eigenvalue weighted by Crippen LogP contribution is -2.57. The van der Waals surface area contributed by atoms with Crippen LogP contribution in [0.25, 0.3) is 6.08 Å². The maximum Gasteiger partial charge on any atom is 0.248 e. The van der Waals surface area contributed by atoms with Gasteiger partial charge in [0.15, 0.2) is 5.78 Å². The van der Waals surface area contributed by atoms with E-state index in [4.69, 9.17) is 17.3 Å². The number of carbonyl (C=O) groups excluding carboxylic acids is 4. The van der Waals surface area contributed by atoms with Crippen LogP contribution in [0, 0.1) is 29.1 Å². The van der Waals surface area contributed by atoms with Crippen molar-refractivity contribution in [3.05, 3.63) is 42.0 Å². The van der Waals surface area contributed by atoms with Crippen LogP contribution in [-0.4, -0.2) is 34.8 Å². The van der Waals surface area contributed by atoms with Crippen molar-refractivity contribution < 1.29 is 24.4 Å². The third-order valence-electron chi connectivity index (χ3n) is 5.89. The lowest BCUT2D eigenvalue weighted by Gasteiger charge is -2.42. The van der Waals surface area contributed by atoms with E-state index >= 15 is 0 Å². The van der Waals surface area contributed by atoms with E-state index in [2.05, 4.69) is 5.43 Å². The summed E-state index contributed by atoms with van der Waals surface area (Å²) in [6, 6.07) is 7.74. The van der Waals surface area contributed by atoms with Crippen LogP contribution < -0.4 is 28.2 Å². The molecule has 0 bridgehead atoms. The second-order valence-electron chi connectivity index (χ2n) is 9.72. The van der Waals surface area contributed by atoms with Crippen molar-refractivity contribution in [1.82, 2.24) is 10.9 Å². The first kappa shape index (κ1) is 33.2. The molecule has 0 aliphatic carbocycles. The van der Waals surface area contributed by atoms with Gasteiger partial charge < -0.3 is 11.5 Å². The average Bonchev–Trinajstić information content (AvgIpc) is 2.80. The molecule has 0 aliphatic heterocycles. The predicted octanol–water partition coefficient (Wildman–Crippen LogP) is 1.70. The Morgan fingerprint density at radius 1 is 1.03 bits per heavy atom. The number of halogens is 1. The second kappa shape index (κ2) is 15.4. The van der Waals surface area contributed by atoms with E-state index in [0.717, 1.165) is 5.56 Å². The Bertz CT molecular complexity index is 909. The molecule has 4 atom stereocenters. The Kier molecular flexibility index (Phi) is 14.2. The van der Waals surface area contributed by atoms with Crippen molar-refractivity contribution in [1.29, 1.82) is 0 Å². The molecule has 0 spiro atoms. The number of nitrogens with one attached hydrogen (secondary N) is 2. The molecule has 1 aromatic rings. The minimum Gasteiger partial charge on any atom is -0.370 e. The molecule has 0 radical (unpaired) electrons. The fourth-order valence-corrected chi connectivity index (χ4v) is 4.63. The SMILES string of the molecule is CC(C)C[C@@H](C(=O)NN)[C@H](C(=O)NO)C(/C=C/c1ccccc1)(CC(C)C)C(=O)[C@@H](N)CC(N)=O.Cl. The van der Waals surface area contributed by atoms with E-state index in [1.165, 1.54) is 0 Å². The Labute approximate surface area is 218 Å². The molecular weight excluding hydrogens is 486 g/mol. The second-order valence-corrected chi connectivity index (χ2v) is 9.72. The van der Waals surface area contributed by atoms with Gasteiger partial charge in [-0.2, -0.15) is 0 Å². The van der Waals surface area contributed by atoms with Crippen molar-refractivity contribution in [2.45, 2.75) is 53.0 Å². The summed E-state index contributed by atoms with van der Waals surface area (Å²) in [6.45, 7) is 7.42. The largest absolute Gasteiger partial charge is 0.370 e. The molecule has 0 aromatic heterocycles. The lowest BCUT2D eigenvalue weighted by atomic mass is 9.59.